The van der Waals surface area contributed by atoms with Crippen molar-refractivity contribution in [2.45, 2.75) is 25.8 Å². The van der Waals surface area contributed by atoms with E-state index < -0.39 is 6.04 Å². The number of anilines is 1. The first-order chi connectivity index (χ1) is 11.1. The van der Waals surface area contributed by atoms with E-state index in [-0.39, 0.29) is 11.8 Å². The number of nitrogens with zero attached hydrogens (tertiary/aromatic N) is 1. The maximum absolute atomic E-state index is 12.1. The number of amides is 2. The maximum atomic E-state index is 12.1. The Bertz CT molecular complexity index is 740. The van der Waals surface area contributed by atoms with Crippen molar-refractivity contribution in [3.63, 3.8) is 0 Å². The van der Waals surface area contributed by atoms with Gasteiger partial charge in [-0.05, 0) is 37.6 Å². The van der Waals surface area contributed by atoms with Crippen LogP contribution in [0.1, 0.15) is 17.7 Å². The molecule has 2 amide bonds. The van der Waals surface area contributed by atoms with Crippen LogP contribution >= 0.6 is 11.3 Å². The van der Waals surface area contributed by atoms with Gasteiger partial charge in [-0.1, -0.05) is 0 Å². The number of thiazole rings is 1. The topological polar surface area (TPSA) is 80.3 Å². The fraction of sp³-hybridized carbons (Fsp3) is 0.312. The molecule has 1 unspecified atom stereocenters. The molecule has 0 bridgehead atoms. The zero-order valence-corrected chi connectivity index (χ0v) is 13.7. The molecule has 0 saturated carbocycles. The summed E-state index contributed by atoms with van der Waals surface area (Å²) in [4.78, 5) is 28.8. The number of methoxy groups -OCH3 is 1. The first kappa shape index (κ1) is 15.5. The lowest BCUT2D eigenvalue weighted by Crippen LogP contribution is -2.37. The molecular weight excluding hydrogens is 314 g/mol. The summed E-state index contributed by atoms with van der Waals surface area (Å²) >= 11 is 1.42. The molecular formula is C16H17N3O3S. The van der Waals surface area contributed by atoms with Gasteiger partial charge < -0.3 is 15.4 Å². The molecule has 23 heavy (non-hydrogen) atoms. The van der Waals surface area contributed by atoms with Gasteiger partial charge in [0.1, 0.15) is 11.8 Å². The fourth-order valence-electron chi connectivity index (χ4n) is 2.47. The molecule has 1 saturated heterocycles. The van der Waals surface area contributed by atoms with Crippen LogP contribution in [-0.2, 0) is 9.59 Å². The van der Waals surface area contributed by atoms with Crippen molar-refractivity contribution < 1.29 is 14.3 Å². The minimum Gasteiger partial charge on any atom is -0.497 e. The molecule has 3 rings (SSSR count). The third kappa shape index (κ3) is 3.34. The van der Waals surface area contributed by atoms with Crippen molar-refractivity contribution in [2.75, 3.05) is 12.4 Å². The average Bonchev–Trinajstić information content (AvgIpc) is 3.13. The molecule has 1 aliphatic rings. The molecule has 2 N–H and O–H groups in total. The molecule has 1 aliphatic heterocycles. The van der Waals surface area contributed by atoms with Crippen LogP contribution in [-0.4, -0.2) is 29.9 Å². The quantitative estimate of drug-likeness (QED) is 0.901. The van der Waals surface area contributed by atoms with Crippen LogP contribution < -0.4 is 15.4 Å². The van der Waals surface area contributed by atoms with Gasteiger partial charge >= 0.3 is 0 Å². The number of hydrogen-bond donors (Lipinski definition) is 2. The summed E-state index contributed by atoms with van der Waals surface area (Å²) in [6, 6.07) is 7.16. The van der Waals surface area contributed by atoms with E-state index in [1.165, 1.54) is 11.3 Å². The highest BCUT2D eigenvalue weighted by molar-refractivity contribution is 7.16. The predicted octanol–water partition coefficient (Wildman–Crippen LogP) is 2.34. The third-order valence-corrected chi connectivity index (χ3v) is 4.59. The van der Waals surface area contributed by atoms with Crippen LogP contribution in [0, 0.1) is 6.92 Å². The molecule has 1 fully saturated rings. The lowest BCUT2D eigenvalue weighted by Gasteiger charge is -2.08. The molecule has 1 atom stereocenters. The second-order valence-electron chi connectivity index (χ2n) is 5.30. The van der Waals surface area contributed by atoms with Gasteiger partial charge in [-0.3, -0.25) is 9.59 Å². The Morgan fingerprint density at radius 2 is 2.13 bits per heavy atom. The van der Waals surface area contributed by atoms with Gasteiger partial charge in [0.25, 0.3) is 0 Å². The Labute approximate surface area is 137 Å². The average molecular weight is 331 g/mol. The number of nitrogens with one attached hydrogen (secondary N) is 2. The molecule has 0 aliphatic carbocycles. The number of ether oxygens (including phenoxy) is 1. The van der Waals surface area contributed by atoms with E-state index in [4.69, 9.17) is 4.74 Å². The number of benzene rings is 1. The lowest BCUT2D eigenvalue weighted by molar-refractivity contribution is -0.122. The molecule has 1 aromatic carbocycles. The number of carbonyl (C=O) groups excluding carboxylic acids is 2. The SMILES string of the molecule is COc1ccc(-c2nc(NC(=O)C3CCC(=O)N3)sc2C)cc1. The van der Waals surface area contributed by atoms with Crippen molar-refractivity contribution >= 4 is 28.3 Å². The summed E-state index contributed by atoms with van der Waals surface area (Å²) in [6.45, 7) is 1.96. The number of aryl methyl sites for hydroxylation is 1. The van der Waals surface area contributed by atoms with Gasteiger partial charge in [-0.15, -0.1) is 11.3 Å². The molecule has 0 spiro atoms. The van der Waals surface area contributed by atoms with Crippen LogP contribution in [0.4, 0.5) is 5.13 Å². The predicted molar refractivity (Wildman–Crippen MR) is 88.6 cm³/mol. The number of aromatic nitrogens is 1. The highest BCUT2D eigenvalue weighted by atomic mass is 32.1. The zero-order valence-electron chi connectivity index (χ0n) is 12.9. The fourth-order valence-corrected chi connectivity index (χ4v) is 3.31. The normalized spacial score (nSPS) is 17.0. The third-order valence-electron chi connectivity index (χ3n) is 3.70. The van der Waals surface area contributed by atoms with Crippen LogP contribution in [0.25, 0.3) is 11.3 Å². The molecule has 6 nitrogen and oxygen atoms in total. The minimum atomic E-state index is -0.462. The Balaban J connectivity index is 1.75. The van der Waals surface area contributed by atoms with Gasteiger partial charge in [-0.25, -0.2) is 4.98 Å². The van der Waals surface area contributed by atoms with Gasteiger partial charge in [0.15, 0.2) is 5.13 Å². The Morgan fingerprint density at radius 1 is 1.39 bits per heavy atom. The monoisotopic (exact) mass is 331 g/mol. The van der Waals surface area contributed by atoms with Crippen molar-refractivity contribution in [3.8, 4) is 17.0 Å². The molecule has 0 radical (unpaired) electrons. The summed E-state index contributed by atoms with van der Waals surface area (Å²) in [5.74, 6) is 0.484. The van der Waals surface area contributed by atoms with Crippen LogP contribution in [0.5, 0.6) is 5.75 Å². The smallest absolute Gasteiger partial charge is 0.248 e. The van der Waals surface area contributed by atoms with Crippen LogP contribution in [0.2, 0.25) is 0 Å². The van der Waals surface area contributed by atoms with Crippen molar-refractivity contribution in [1.29, 1.82) is 0 Å². The minimum absolute atomic E-state index is 0.0839. The van der Waals surface area contributed by atoms with Crippen LogP contribution in [0.3, 0.4) is 0 Å². The van der Waals surface area contributed by atoms with Gasteiger partial charge in [0.2, 0.25) is 11.8 Å². The van der Waals surface area contributed by atoms with E-state index in [0.29, 0.717) is 18.0 Å². The van der Waals surface area contributed by atoms with Crippen molar-refractivity contribution in [1.82, 2.24) is 10.3 Å². The summed E-state index contributed by atoms with van der Waals surface area (Å²) in [5, 5.41) is 5.98. The van der Waals surface area contributed by atoms with E-state index >= 15 is 0 Å². The first-order valence-corrected chi connectivity index (χ1v) is 8.10. The van der Waals surface area contributed by atoms with E-state index in [1.54, 1.807) is 7.11 Å². The number of rotatable bonds is 4. The molecule has 2 aromatic rings. The van der Waals surface area contributed by atoms with Crippen LogP contribution in [0.15, 0.2) is 24.3 Å². The van der Waals surface area contributed by atoms with E-state index in [0.717, 1.165) is 21.9 Å². The van der Waals surface area contributed by atoms with Crippen molar-refractivity contribution in [3.05, 3.63) is 29.1 Å². The summed E-state index contributed by atoms with van der Waals surface area (Å²) < 4.78 is 5.15. The summed E-state index contributed by atoms with van der Waals surface area (Å²) in [7, 11) is 1.62. The number of hydrogen-bond acceptors (Lipinski definition) is 5. The standard InChI is InChI=1S/C16H17N3O3S/c1-9-14(10-3-5-11(22-2)6-4-10)18-16(23-9)19-15(21)12-7-8-13(20)17-12/h3-6,12H,7-8H2,1-2H3,(H,17,20)(H,18,19,21). The molecule has 1 aromatic heterocycles. The highest BCUT2D eigenvalue weighted by Gasteiger charge is 2.27. The largest absolute Gasteiger partial charge is 0.497 e. The molecule has 2 heterocycles. The van der Waals surface area contributed by atoms with Gasteiger partial charge in [0, 0.05) is 16.9 Å². The van der Waals surface area contributed by atoms with E-state index in [2.05, 4.69) is 15.6 Å². The van der Waals surface area contributed by atoms with E-state index in [1.807, 2.05) is 31.2 Å². The maximum Gasteiger partial charge on any atom is 0.248 e. The Hall–Kier alpha value is -2.41. The molecule has 120 valence electrons. The van der Waals surface area contributed by atoms with E-state index in [9.17, 15) is 9.59 Å². The van der Waals surface area contributed by atoms with Crippen molar-refractivity contribution in [2.24, 2.45) is 0 Å². The highest BCUT2D eigenvalue weighted by Crippen LogP contribution is 2.31. The van der Waals surface area contributed by atoms with Gasteiger partial charge in [-0.2, -0.15) is 0 Å². The lowest BCUT2D eigenvalue weighted by atomic mass is 10.1. The summed E-state index contributed by atoms with van der Waals surface area (Å²) in [6.07, 6.45) is 0.923. The first-order valence-electron chi connectivity index (χ1n) is 7.29. The second kappa shape index (κ2) is 6.37. The summed E-state index contributed by atoms with van der Waals surface area (Å²) in [5.41, 5.74) is 1.80. The zero-order chi connectivity index (χ0) is 16.4. The Morgan fingerprint density at radius 3 is 2.74 bits per heavy atom. The van der Waals surface area contributed by atoms with Gasteiger partial charge in [0.05, 0.1) is 12.8 Å². The second-order valence-corrected chi connectivity index (χ2v) is 6.50. The number of carbonyl (C=O) groups is 2. The Kier molecular flexibility index (Phi) is 4.29. The molecule has 7 heteroatoms.